The van der Waals surface area contributed by atoms with Crippen LogP contribution in [0.1, 0.15) is 19.8 Å². The van der Waals surface area contributed by atoms with E-state index < -0.39 is 0 Å². The zero-order chi connectivity index (χ0) is 14.5. The highest BCUT2D eigenvalue weighted by Gasteiger charge is 2.13. The Bertz CT molecular complexity index is 648. The standard InChI is InChI=1S/C14H18N4OS/c1-3-4-9-15-14(20)17-16-12-10-7-5-6-8-11(10)18(2)13(12)19/h5-8,19H,3-4,9H2,1-2H3,(H,15,20). The van der Waals surface area contributed by atoms with Gasteiger partial charge in [0.15, 0.2) is 5.69 Å². The minimum Gasteiger partial charge on any atom is -0.493 e. The van der Waals surface area contributed by atoms with E-state index in [1.807, 2.05) is 24.3 Å². The fourth-order valence-corrected chi connectivity index (χ4v) is 2.10. The van der Waals surface area contributed by atoms with Gasteiger partial charge in [-0.25, -0.2) is 0 Å². The van der Waals surface area contributed by atoms with Gasteiger partial charge in [0.25, 0.3) is 0 Å². The topological polar surface area (TPSA) is 61.9 Å². The molecule has 0 saturated carbocycles. The maximum Gasteiger partial charge on any atom is 0.220 e. The lowest BCUT2D eigenvalue weighted by atomic mass is 10.2. The van der Waals surface area contributed by atoms with E-state index in [1.54, 1.807) is 11.6 Å². The van der Waals surface area contributed by atoms with Gasteiger partial charge in [-0.05, 0) is 24.7 Å². The largest absolute Gasteiger partial charge is 0.493 e. The van der Waals surface area contributed by atoms with Crippen LogP contribution in [0.25, 0.3) is 10.9 Å². The van der Waals surface area contributed by atoms with Crippen molar-refractivity contribution in [2.24, 2.45) is 17.3 Å². The number of aromatic hydroxyl groups is 1. The third-order valence-corrected chi connectivity index (χ3v) is 3.32. The first-order valence-electron chi connectivity index (χ1n) is 6.61. The van der Waals surface area contributed by atoms with Crippen molar-refractivity contribution in [3.8, 4) is 5.88 Å². The molecular weight excluding hydrogens is 272 g/mol. The quantitative estimate of drug-likeness (QED) is 0.513. The van der Waals surface area contributed by atoms with E-state index >= 15 is 0 Å². The predicted molar refractivity (Wildman–Crippen MR) is 84.6 cm³/mol. The minimum atomic E-state index is 0.0892. The number of thiocarbonyl (C=S) groups is 1. The van der Waals surface area contributed by atoms with Crippen LogP contribution in [0.3, 0.4) is 0 Å². The summed E-state index contributed by atoms with van der Waals surface area (Å²) < 4.78 is 1.68. The Balaban J connectivity index is 2.21. The summed E-state index contributed by atoms with van der Waals surface area (Å²) in [4.78, 5) is 0. The van der Waals surface area contributed by atoms with Crippen molar-refractivity contribution in [1.82, 2.24) is 9.88 Å². The number of fused-ring (bicyclic) bond motifs is 1. The normalized spacial score (nSPS) is 11.3. The fourth-order valence-electron chi connectivity index (χ4n) is 1.96. The predicted octanol–water partition coefficient (Wildman–Crippen LogP) is 3.64. The van der Waals surface area contributed by atoms with Crippen molar-refractivity contribution in [2.45, 2.75) is 19.8 Å². The molecule has 6 heteroatoms. The van der Waals surface area contributed by atoms with Crippen molar-refractivity contribution < 1.29 is 5.11 Å². The van der Waals surface area contributed by atoms with E-state index in [2.05, 4.69) is 22.5 Å². The van der Waals surface area contributed by atoms with Gasteiger partial charge < -0.3 is 15.0 Å². The van der Waals surface area contributed by atoms with Crippen molar-refractivity contribution >= 4 is 33.9 Å². The third-order valence-electron chi connectivity index (χ3n) is 3.10. The van der Waals surface area contributed by atoms with Gasteiger partial charge in [0.1, 0.15) is 0 Å². The van der Waals surface area contributed by atoms with Crippen LogP contribution in [0.15, 0.2) is 34.5 Å². The number of benzene rings is 1. The SMILES string of the molecule is CCCCNC(=S)N=Nc1c(O)n(C)c2ccccc12. The van der Waals surface area contributed by atoms with E-state index in [0.29, 0.717) is 10.8 Å². The molecule has 0 amide bonds. The number of hydrogen-bond acceptors (Lipinski definition) is 3. The molecule has 0 aliphatic carbocycles. The first-order chi connectivity index (χ1) is 9.65. The number of unbranched alkanes of at least 4 members (excludes halogenated alkanes) is 1. The molecule has 2 rings (SSSR count). The monoisotopic (exact) mass is 290 g/mol. The van der Waals surface area contributed by atoms with E-state index in [-0.39, 0.29) is 5.88 Å². The number of para-hydroxylation sites is 1. The van der Waals surface area contributed by atoms with Gasteiger partial charge in [-0.3, -0.25) is 0 Å². The molecule has 1 heterocycles. The molecule has 2 N–H and O–H groups in total. The third kappa shape index (κ3) is 2.96. The van der Waals surface area contributed by atoms with Crippen LogP contribution in [-0.4, -0.2) is 21.3 Å². The maximum absolute atomic E-state index is 10.1. The van der Waals surface area contributed by atoms with Crippen LogP contribution in [0.5, 0.6) is 5.88 Å². The van der Waals surface area contributed by atoms with Gasteiger partial charge in [-0.15, -0.1) is 10.2 Å². The van der Waals surface area contributed by atoms with Crippen LogP contribution < -0.4 is 5.32 Å². The molecule has 106 valence electrons. The van der Waals surface area contributed by atoms with Gasteiger partial charge in [-0.2, -0.15) is 0 Å². The van der Waals surface area contributed by atoms with Crippen LogP contribution in [0.4, 0.5) is 5.69 Å². The van der Waals surface area contributed by atoms with Gasteiger partial charge in [-0.1, -0.05) is 31.5 Å². The number of azo groups is 1. The molecule has 1 aromatic carbocycles. The molecule has 0 bridgehead atoms. The molecule has 1 aromatic heterocycles. The van der Waals surface area contributed by atoms with Gasteiger partial charge >= 0.3 is 0 Å². The van der Waals surface area contributed by atoms with E-state index in [4.69, 9.17) is 12.2 Å². The second-order valence-corrected chi connectivity index (χ2v) is 4.92. The summed E-state index contributed by atoms with van der Waals surface area (Å²) in [7, 11) is 1.79. The summed E-state index contributed by atoms with van der Waals surface area (Å²) in [5.74, 6) is 0.0892. The number of nitrogens with zero attached hydrogens (tertiary/aromatic N) is 3. The average molecular weight is 290 g/mol. The first kappa shape index (κ1) is 14.5. The lowest BCUT2D eigenvalue weighted by molar-refractivity contribution is 0.436. The van der Waals surface area contributed by atoms with E-state index in [1.165, 1.54) is 0 Å². The first-order valence-corrected chi connectivity index (χ1v) is 7.02. The molecule has 0 spiro atoms. The molecule has 5 nitrogen and oxygen atoms in total. The van der Waals surface area contributed by atoms with Gasteiger partial charge in [0.2, 0.25) is 11.0 Å². The molecule has 0 aliphatic rings. The Kier molecular flexibility index (Phi) is 4.68. The summed E-state index contributed by atoms with van der Waals surface area (Å²) in [6.45, 7) is 2.90. The van der Waals surface area contributed by atoms with E-state index in [0.717, 1.165) is 30.3 Å². The molecule has 2 aromatic rings. The summed E-state index contributed by atoms with van der Waals surface area (Å²) in [5.41, 5.74) is 1.35. The van der Waals surface area contributed by atoms with Crippen molar-refractivity contribution in [3.05, 3.63) is 24.3 Å². The maximum atomic E-state index is 10.1. The number of aryl methyl sites for hydroxylation is 1. The summed E-state index contributed by atoms with van der Waals surface area (Å²) in [5, 5.41) is 22.3. The fraction of sp³-hybridized carbons (Fsp3) is 0.357. The van der Waals surface area contributed by atoms with Crippen LogP contribution >= 0.6 is 12.2 Å². The Hall–Kier alpha value is -1.95. The number of rotatable bonds is 4. The molecule has 0 unspecified atom stereocenters. The number of hydrogen-bond donors (Lipinski definition) is 2. The van der Waals surface area contributed by atoms with Crippen LogP contribution in [-0.2, 0) is 7.05 Å². The lowest BCUT2D eigenvalue weighted by Crippen LogP contribution is -2.19. The molecule has 0 fully saturated rings. The molecular formula is C14H18N4OS. The Morgan fingerprint density at radius 2 is 2.15 bits per heavy atom. The Morgan fingerprint density at radius 3 is 2.90 bits per heavy atom. The van der Waals surface area contributed by atoms with Crippen molar-refractivity contribution in [2.75, 3.05) is 6.54 Å². The summed E-state index contributed by atoms with van der Waals surface area (Å²) in [6, 6.07) is 7.64. The summed E-state index contributed by atoms with van der Waals surface area (Å²) >= 11 is 5.08. The van der Waals surface area contributed by atoms with Crippen molar-refractivity contribution in [1.29, 1.82) is 0 Å². The van der Waals surface area contributed by atoms with Gasteiger partial charge in [0.05, 0.1) is 5.52 Å². The molecule has 0 atom stereocenters. The van der Waals surface area contributed by atoms with Gasteiger partial charge in [0, 0.05) is 19.0 Å². The zero-order valence-electron chi connectivity index (χ0n) is 11.6. The van der Waals surface area contributed by atoms with Crippen LogP contribution in [0.2, 0.25) is 0 Å². The minimum absolute atomic E-state index is 0.0892. The molecule has 0 saturated heterocycles. The number of aromatic nitrogens is 1. The molecule has 20 heavy (non-hydrogen) atoms. The molecule has 0 aliphatic heterocycles. The lowest BCUT2D eigenvalue weighted by Gasteiger charge is -2.00. The van der Waals surface area contributed by atoms with Crippen molar-refractivity contribution in [3.63, 3.8) is 0 Å². The highest BCUT2D eigenvalue weighted by molar-refractivity contribution is 7.80. The smallest absolute Gasteiger partial charge is 0.220 e. The van der Waals surface area contributed by atoms with Crippen LogP contribution in [0, 0.1) is 0 Å². The number of nitrogens with one attached hydrogen (secondary N) is 1. The zero-order valence-corrected chi connectivity index (χ0v) is 12.4. The Morgan fingerprint density at radius 1 is 1.40 bits per heavy atom. The highest BCUT2D eigenvalue weighted by atomic mass is 32.1. The highest BCUT2D eigenvalue weighted by Crippen LogP contribution is 2.37. The second kappa shape index (κ2) is 6.47. The Labute approximate surface area is 123 Å². The second-order valence-electron chi connectivity index (χ2n) is 4.53. The molecule has 0 radical (unpaired) electrons. The van der Waals surface area contributed by atoms with E-state index in [9.17, 15) is 5.11 Å². The average Bonchev–Trinajstić information content (AvgIpc) is 2.70. The summed E-state index contributed by atoms with van der Waals surface area (Å²) in [6.07, 6.45) is 2.13.